The molecule has 0 unspecified atom stereocenters. The van der Waals surface area contributed by atoms with Crippen molar-refractivity contribution in [2.45, 2.75) is 20.0 Å². The minimum Gasteiger partial charge on any atom is -0.316 e. The molecule has 32 heavy (non-hydrogen) atoms. The van der Waals surface area contributed by atoms with Gasteiger partial charge in [0.05, 0.1) is 17.6 Å². The van der Waals surface area contributed by atoms with E-state index in [0.29, 0.717) is 40.4 Å². The molecule has 0 radical (unpaired) electrons. The van der Waals surface area contributed by atoms with Gasteiger partial charge >= 0.3 is 0 Å². The third kappa shape index (κ3) is 5.35. The molecule has 10 heteroatoms. The van der Waals surface area contributed by atoms with Gasteiger partial charge in [0.1, 0.15) is 5.82 Å². The predicted octanol–water partition coefficient (Wildman–Crippen LogP) is 5.85. The van der Waals surface area contributed by atoms with Gasteiger partial charge in [0.25, 0.3) is 0 Å². The van der Waals surface area contributed by atoms with Gasteiger partial charge in [0.2, 0.25) is 0 Å². The van der Waals surface area contributed by atoms with E-state index in [9.17, 15) is 4.39 Å². The van der Waals surface area contributed by atoms with Crippen molar-refractivity contribution in [3.05, 3.63) is 92.9 Å². The summed E-state index contributed by atoms with van der Waals surface area (Å²) in [5.74, 6) is 0.867. The van der Waals surface area contributed by atoms with Crippen molar-refractivity contribution in [3.63, 3.8) is 0 Å². The fourth-order valence-corrected chi connectivity index (χ4v) is 3.95. The van der Waals surface area contributed by atoms with Crippen LogP contribution in [0.3, 0.4) is 0 Å². The van der Waals surface area contributed by atoms with Crippen LogP contribution in [0.4, 0.5) is 16.0 Å². The van der Waals surface area contributed by atoms with Gasteiger partial charge in [-0.1, -0.05) is 48.0 Å². The maximum absolute atomic E-state index is 14.0. The van der Waals surface area contributed by atoms with Crippen molar-refractivity contribution in [3.8, 4) is 0 Å². The zero-order chi connectivity index (χ0) is 22.7. The van der Waals surface area contributed by atoms with E-state index < -0.39 is 0 Å². The lowest BCUT2D eigenvalue weighted by molar-refractivity contribution is 0.581. The molecular weight excluding hydrogens is 515 g/mol. The Morgan fingerprint density at radius 3 is 2.53 bits per heavy atom. The Bertz CT molecular complexity index is 1270. The predicted molar refractivity (Wildman–Crippen MR) is 133 cm³/mol. The highest BCUT2D eigenvalue weighted by atomic mass is 79.9. The SMILES string of the molecule is Cc1cc(NC(=S)Nc2nn(Cc3ccccc3Cl)cc2Br)nn1Cc1ccccc1F. The average molecular weight is 534 g/mol. The topological polar surface area (TPSA) is 59.7 Å². The molecular formula is C22H19BrClFN6S. The van der Waals surface area contributed by atoms with Gasteiger partial charge in [-0.15, -0.1) is 0 Å². The number of nitrogens with zero attached hydrogens (tertiary/aromatic N) is 4. The lowest BCUT2D eigenvalue weighted by Crippen LogP contribution is -2.20. The molecule has 0 aliphatic rings. The van der Waals surface area contributed by atoms with Crippen molar-refractivity contribution in [1.29, 1.82) is 0 Å². The number of hydrogen-bond acceptors (Lipinski definition) is 3. The smallest absolute Gasteiger partial charge is 0.177 e. The maximum atomic E-state index is 14.0. The second kappa shape index (κ2) is 9.81. The van der Waals surface area contributed by atoms with Gasteiger partial charge in [0.15, 0.2) is 16.7 Å². The molecule has 2 heterocycles. The van der Waals surface area contributed by atoms with Crippen LogP contribution in [0.5, 0.6) is 0 Å². The zero-order valence-corrected chi connectivity index (χ0v) is 20.2. The van der Waals surface area contributed by atoms with Crippen LogP contribution in [0.25, 0.3) is 0 Å². The Morgan fingerprint density at radius 2 is 1.78 bits per heavy atom. The quantitative estimate of drug-likeness (QED) is 0.305. The summed E-state index contributed by atoms with van der Waals surface area (Å²) in [7, 11) is 0. The third-order valence-corrected chi connectivity index (χ3v) is 5.89. The average Bonchev–Trinajstić information content (AvgIpc) is 3.26. The first-order valence-electron chi connectivity index (χ1n) is 9.71. The fourth-order valence-electron chi connectivity index (χ4n) is 3.14. The molecule has 0 saturated carbocycles. The van der Waals surface area contributed by atoms with Gasteiger partial charge in [0, 0.05) is 28.5 Å². The molecule has 0 bridgehead atoms. The van der Waals surface area contributed by atoms with Crippen LogP contribution in [-0.4, -0.2) is 24.7 Å². The molecule has 0 aliphatic heterocycles. The van der Waals surface area contributed by atoms with Gasteiger partial charge in [-0.3, -0.25) is 9.36 Å². The van der Waals surface area contributed by atoms with E-state index in [1.807, 2.05) is 43.5 Å². The number of hydrogen-bond donors (Lipinski definition) is 2. The summed E-state index contributed by atoms with van der Waals surface area (Å²) in [6, 6.07) is 16.1. The Morgan fingerprint density at radius 1 is 1.06 bits per heavy atom. The Kier molecular flexibility index (Phi) is 6.88. The number of nitrogens with one attached hydrogen (secondary N) is 2. The van der Waals surface area contributed by atoms with Gasteiger partial charge < -0.3 is 10.6 Å². The standard InChI is InChI=1S/C22H19BrClFN6S/c1-14-10-20(28-31(14)12-16-7-3-5-9-19(16)25)26-22(32)27-21-17(23)13-30(29-21)11-15-6-2-4-8-18(15)24/h2-10,13H,11-12H2,1H3,(H2,26,27,28,29,32). The number of rotatable bonds is 6. The van der Waals surface area contributed by atoms with Crippen LogP contribution in [-0.2, 0) is 13.1 Å². The first-order chi connectivity index (χ1) is 15.4. The van der Waals surface area contributed by atoms with E-state index in [1.54, 1.807) is 27.6 Å². The first kappa shape index (κ1) is 22.4. The fraction of sp³-hybridized carbons (Fsp3) is 0.136. The van der Waals surface area contributed by atoms with Crippen molar-refractivity contribution in [1.82, 2.24) is 19.6 Å². The van der Waals surface area contributed by atoms with Crippen LogP contribution >= 0.6 is 39.7 Å². The monoisotopic (exact) mass is 532 g/mol. The molecule has 0 aliphatic carbocycles. The number of thiocarbonyl (C=S) groups is 1. The summed E-state index contributed by atoms with van der Waals surface area (Å²) in [6.07, 6.45) is 1.85. The second-order valence-corrected chi connectivity index (χ2v) is 8.78. The number of aromatic nitrogens is 4. The highest BCUT2D eigenvalue weighted by molar-refractivity contribution is 9.10. The maximum Gasteiger partial charge on any atom is 0.177 e. The molecule has 6 nitrogen and oxygen atoms in total. The minimum atomic E-state index is -0.258. The van der Waals surface area contributed by atoms with E-state index in [1.165, 1.54) is 6.07 Å². The van der Waals surface area contributed by atoms with Crippen LogP contribution in [0.2, 0.25) is 5.02 Å². The summed E-state index contributed by atoms with van der Waals surface area (Å²) in [4.78, 5) is 0. The zero-order valence-electron chi connectivity index (χ0n) is 17.0. The van der Waals surface area contributed by atoms with E-state index in [2.05, 4.69) is 36.8 Å². The highest BCUT2D eigenvalue weighted by Crippen LogP contribution is 2.23. The van der Waals surface area contributed by atoms with Gasteiger partial charge in [-0.2, -0.15) is 10.2 Å². The first-order valence-corrected chi connectivity index (χ1v) is 11.3. The Hall–Kier alpha value is -2.75. The third-order valence-electron chi connectivity index (χ3n) is 4.74. The molecule has 2 aromatic carbocycles. The lowest BCUT2D eigenvalue weighted by Gasteiger charge is -2.07. The number of aryl methyl sites for hydroxylation is 1. The molecule has 0 atom stereocenters. The van der Waals surface area contributed by atoms with Crippen molar-refractivity contribution >= 4 is 56.5 Å². The summed E-state index contributed by atoms with van der Waals surface area (Å²) >= 11 is 15.2. The molecule has 0 amide bonds. The van der Waals surface area contributed by atoms with E-state index in [0.717, 1.165) is 15.7 Å². The van der Waals surface area contributed by atoms with Crippen LogP contribution in [0.1, 0.15) is 16.8 Å². The highest BCUT2D eigenvalue weighted by Gasteiger charge is 2.12. The van der Waals surface area contributed by atoms with Crippen molar-refractivity contribution < 1.29 is 4.39 Å². The van der Waals surface area contributed by atoms with Gasteiger partial charge in [-0.05, 0) is 52.8 Å². The van der Waals surface area contributed by atoms with Crippen molar-refractivity contribution in [2.24, 2.45) is 0 Å². The summed E-state index contributed by atoms with van der Waals surface area (Å²) < 4.78 is 18.2. The number of benzene rings is 2. The molecule has 2 N–H and O–H groups in total. The van der Waals surface area contributed by atoms with E-state index in [4.69, 9.17) is 23.8 Å². The molecule has 4 aromatic rings. The summed E-state index contributed by atoms with van der Waals surface area (Å²) in [5, 5.41) is 16.1. The molecule has 164 valence electrons. The normalized spacial score (nSPS) is 10.9. The van der Waals surface area contributed by atoms with E-state index in [-0.39, 0.29) is 5.82 Å². The van der Waals surface area contributed by atoms with Gasteiger partial charge in [-0.25, -0.2) is 4.39 Å². The Balaban J connectivity index is 1.41. The summed E-state index contributed by atoms with van der Waals surface area (Å²) in [5.41, 5.74) is 2.41. The number of halogens is 3. The summed E-state index contributed by atoms with van der Waals surface area (Å²) in [6.45, 7) is 2.76. The van der Waals surface area contributed by atoms with Crippen LogP contribution < -0.4 is 10.6 Å². The second-order valence-electron chi connectivity index (χ2n) is 7.11. The largest absolute Gasteiger partial charge is 0.316 e. The molecule has 0 spiro atoms. The Labute approximate surface area is 203 Å². The van der Waals surface area contributed by atoms with Crippen molar-refractivity contribution in [2.75, 3.05) is 10.6 Å². The molecule has 4 rings (SSSR count). The lowest BCUT2D eigenvalue weighted by atomic mass is 10.2. The molecule has 0 saturated heterocycles. The van der Waals surface area contributed by atoms with Crippen LogP contribution in [0, 0.1) is 12.7 Å². The minimum absolute atomic E-state index is 0.258. The number of anilines is 2. The van der Waals surface area contributed by atoms with E-state index >= 15 is 0 Å². The molecule has 0 fully saturated rings. The van der Waals surface area contributed by atoms with Crippen LogP contribution in [0.15, 0.2) is 65.3 Å². The molecule has 2 aromatic heterocycles.